The molecule has 2 saturated heterocycles. The lowest BCUT2D eigenvalue weighted by Gasteiger charge is -2.34. The smallest absolute Gasteiger partial charge is 0.257 e. The Bertz CT molecular complexity index is 551. The van der Waals surface area contributed by atoms with Crippen molar-refractivity contribution < 1.29 is 9.53 Å². The summed E-state index contributed by atoms with van der Waals surface area (Å²) >= 11 is 0. The summed E-state index contributed by atoms with van der Waals surface area (Å²) in [6.07, 6.45) is 1.68. The number of carbonyl (C=O) groups is 1. The lowest BCUT2D eigenvalue weighted by atomic mass is 10.2. The molecule has 2 aliphatic rings. The molecule has 0 unspecified atom stereocenters. The first kappa shape index (κ1) is 16.1. The molecule has 0 aliphatic carbocycles. The van der Waals surface area contributed by atoms with Gasteiger partial charge < -0.3 is 19.4 Å². The normalized spacial score (nSPS) is 19.9. The van der Waals surface area contributed by atoms with Gasteiger partial charge in [0.1, 0.15) is 0 Å². The van der Waals surface area contributed by atoms with Crippen LogP contribution in [0.5, 0.6) is 0 Å². The number of nitrogens with zero attached hydrogens (tertiary/aromatic N) is 5. The molecule has 1 amide bonds. The summed E-state index contributed by atoms with van der Waals surface area (Å²) in [5.74, 6) is 0.741. The summed E-state index contributed by atoms with van der Waals surface area (Å²) in [5.41, 5.74) is 1.37. The second-order valence-electron chi connectivity index (χ2n) is 5.99. The molecular weight excluding hydrogens is 294 g/mol. The van der Waals surface area contributed by atoms with E-state index < -0.39 is 0 Å². The third-order valence-corrected chi connectivity index (χ3v) is 4.60. The molecule has 0 aromatic carbocycles. The molecule has 7 heteroatoms. The van der Waals surface area contributed by atoms with Gasteiger partial charge in [-0.05, 0) is 13.5 Å². The average Bonchev–Trinajstić information content (AvgIpc) is 2.62. The molecule has 0 radical (unpaired) electrons. The summed E-state index contributed by atoms with van der Waals surface area (Å²) in [4.78, 5) is 28.0. The summed E-state index contributed by atoms with van der Waals surface area (Å²) in [7, 11) is 0. The van der Waals surface area contributed by atoms with Gasteiger partial charge in [0.15, 0.2) is 0 Å². The first-order chi connectivity index (χ1) is 11.2. The Balaban J connectivity index is 1.69. The maximum absolute atomic E-state index is 12.7. The fraction of sp³-hybridized carbons (Fsp3) is 0.688. The second-order valence-corrected chi connectivity index (χ2v) is 5.99. The van der Waals surface area contributed by atoms with Gasteiger partial charge in [-0.15, -0.1) is 0 Å². The zero-order valence-electron chi connectivity index (χ0n) is 14.0. The van der Waals surface area contributed by atoms with Crippen LogP contribution in [0.1, 0.15) is 23.0 Å². The van der Waals surface area contributed by atoms with Crippen LogP contribution in [0.15, 0.2) is 6.20 Å². The molecule has 0 atom stereocenters. The molecule has 0 spiro atoms. The number of aryl methyl sites for hydroxylation is 1. The quantitative estimate of drug-likeness (QED) is 0.804. The molecule has 1 aromatic rings. The number of hydrogen-bond donors (Lipinski definition) is 0. The van der Waals surface area contributed by atoms with Gasteiger partial charge >= 0.3 is 0 Å². The van der Waals surface area contributed by atoms with E-state index in [1.807, 2.05) is 11.8 Å². The number of amides is 1. The van der Waals surface area contributed by atoms with E-state index in [-0.39, 0.29) is 5.91 Å². The van der Waals surface area contributed by atoms with E-state index in [2.05, 4.69) is 26.7 Å². The number of carbonyl (C=O) groups excluding carboxylic acids is 1. The third-order valence-electron chi connectivity index (χ3n) is 4.60. The third kappa shape index (κ3) is 3.61. The highest BCUT2D eigenvalue weighted by Crippen LogP contribution is 2.15. The predicted molar refractivity (Wildman–Crippen MR) is 87.8 cm³/mol. The van der Waals surface area contributed by atoms with Crippen LogP contribution in [-0.2, 0) is 4.74 Å². The fourth-order valence-electron chi connectivity index (χ4n) is 3.02. The molecule has 126 valence electrons. The molecule has 7 nitrogen and oxygen atoms in total. The topological polar surface area (TPSA) is 61.8 Å². The molecule has 0 N–H and O–H groups in total. The van der Waals surface area contributed by atoms with E-state index in [1.54, 1.807) is 6.20 Å². The van der Waals surface area contributed by atoms with Crippen molar-refractivity contribution in [3.05, 3.63) is 17.5 Å². The van der Waals surface area contributed by atoms with E-state index in [9.17, 15) is 4.79 Å². The average molecular weight is 319 g/mol. The summed E-state index contributed by atoms with van der Waals surface area (Å²) in [5, 5.41) is 0. The standard InChI is InChI=1S/C16H25N5O2/c1-3-19-4-6-20(7-5-19)15(22)14-12-17-16(18-13(14)2)21-8-10-23-11-9-21/h12H,3-11H2,1-2H3. The molecule has 2 fully saturated rings. The van der Waals surface area contributed by atoms with E-state index in [4.69, 9.17) is 4.74 Å². The number of rotatable bonds is 3. The van der Waals surface area contributed by atoms with Gasteiger partial charge in [-0.1, -0.05) is 6.92 Å². The SMILES string of the molecule is CCN1CCN(C(=O)c2cnc(N3CCOCC3)nc2C)CC1. The molecule has 0 saturated carbocycles. The van der Waals surface area contributed by atoms with E-state index in [0.717, 1.165) is 51.5 Å². The second kappa shape index (κ2) is 7.23. The van der Waals surface area contributed by atoms with Crippen molar-refractivity contribution in [3.63, 3.8) is 0 Å². The van der Waals surface area contributed by atoms with Crippen LogP contribution in [0.4, 0.5) is 5.95 Å². The molecule has 2 aliphatic heterocycles. The van der Waals surface area contributed by atoms with Crippen molar-refractivity contribution in [1.29, 1.82) is 0 Å². The van der Waals surface area contributed by atoms with Gasteiger partial charge in [0.2, 0.25) is 5.95 Å². The van der Waals surface area contributed by atoms with Gasteiger partial charge in [-0.2, -0.15) is 0 Å². The summed E-state index contributed by atoms with van der Waals surface area (Å²) in [6, 6.07) is 0. The first-order valence-electron chi connectivity index (χ1n) is 8.37. The zero-order valence-corrected chi connectivity index (χ0v) is 14.0. The van der Waals surface area contributed by atoms with Crippen LogP contribution in [-0.4, -0.2) is 84.7 Å². The van der Waals surface area contributed by atoms with Gasteiger partial charge in [-0.3, -0.25) is 4.79 Å². The minimum Gasteiger partial charge on any atom is -0.378 e. The van der Waals surface area contributed by atoms with Crippen LogP contribution in [0, 0.1) is 6.92 Å². The highest BCUT2D eigenvalue weighted by atomic mass is 16.5. The Morgan fingerprint density at radius 3 is 2.48 bits per heavy atom. The number of morpholine rings is 1. The lowest BCUT2D eigenvalue weighted by molar-refractivity contribution is 0.0641. The highest BCUT2D eigenvalue weighted by molar-refractivity contribution is 5.95. The summed E-state index contributed by atoms with van der Waals surface area (Å²) in [6.45, 7) is 11.5. The zero-order chi connectivity index (χ0) is 16.2. The van der Waals surface area contributed by atoms with Crippen molar-refractivity contribution in [1.82, 2.24) is 19.8 Å². The van der Waals surface area contributed by atoms with Gasteiger partial charge in [0, 0.05) is 45.5 Å². The number of piperazine rings is 1. The maximum Gasteiger partial charge on any atom is 0.257 e. The van der Waals surface area contributed by atoms with Crippen molar-refractivity contribution >= 4 is 11.9 Å². The molecule has 3 rings (SSSR count). The van der Waals surface area contributed by atoms with Crippen LogP contribution in [0.3, 0.4) is 0 Å². The number of hydrogen-bond acceptors (Lipinski definition) is 6. The molecule has 1 aromatic heterocycles. The lowest BCUT2D eigenvalue weighted by Crippen LogP contribution is -2.48. The van der Waals surface area contributed by atoms with Crippen molar-refractivity contribution in [2.45, 2.75) is 13.8 Å². The van der Waals surface area contributed by atoms with E-state index >= 15 is 0 Å². The van der Waals surface area contributed by atoms with Crippen LogP contribution in [0.25, 0.3) is 0 Å². The Hall–Kier alpha value is -1.73. The van der Waals surface area contributed by atoms with Crippen molar-refractivity contribution in [3.8, 4) is 0 Å². The van der Waals surface area contributed by atoms with Crippen molar-refractivity contribution in [2.75, 3.05) is 63.9 Å². The minimum atomic E-state index is 0.0479. The van der Waals surface area contributed by atoms with Gasteiger partial charge in [0.25, 0.3) is 5.91 Å². The molecule has 0 bridgehead atoms. The van der Waals surface area contributed by atoms with E-state index in [1.165, 1.54) is 0 Å². The predicted octanol–water partition coefficient (Wildman–Crippen LogP) is 0.399. The Labute approximate surface area is 137 Å². The first-order valence-corrected chi connectivity index (χ1v) is 8.37. The van der Waals surface area contributed by atoms with E-state index in [0.29, 0.717) is 24.7 Å². The largest absolute Gasteiger partial charge is 0.378 e. The molecular formula is C16H25N5O2. The molecule has 23 heavy (non-hydrogen) atoms. The Morgan fingerprint density at radius 2 is 1.87 bits per heavy atom. The van der Waals surface area contributed by atoms with Crippen molar-refractivity contribution in [2.24, 2.45) is 0 Å². The Kier molecular flexibility index (Phi) is 5.07. The van der Waals surface area contributed by atoms with Crippen LogP contribution < -0.4 is 4.90 Å². The van der Waals surface area contributed by atoms with Gasteiger partial charge in [0.05, 0.1) is 24.5 Å². The van der Waals surface area contributed by atoms with Crippen LogP contribution >= 0.6 is 0 Å². The number of likely N-dealkylation sites (N-methyl/N-ethyl adjacent to an activating group) is 1. The van der Waals surface area contributed by atoms with Crippen LogP contribution in [0.2, 0.25) is 0 Å². The maximum atomic E-state index is 12.7. The number of ether oxygens (including phenoxy) is 1. The minimum absolute atomic E-state index is 0.0479. The fourth-order valence-corrected chi connectivity index (χ4v) is 3.02. The molecule has 3 heterocycles. The Morgan fingerprint density at radius 1 is 1.17 bits per heavy atom. The number of anilines is 1. The van der Waals surface area contributed by atoms with Gasteiger partial charge in [-0.25, -0.2) is 9.97 Å². The monoisotopic (exact) mass is 319 g/mol. The summed E-state index contributed by atoms with van der Waals surface area (Å²) < 4.78 is 5.35. The number of aromatic nitrogens is 2. The highest BCUT2D eigenvalue weighted by Gasteiger charge is 2.24.